The van der Waals surface area contributed by atoms with E-state index in [2.05, 4.69) is 15.3 Å². The zero-order valence-electron chi connectivity index (χ0n) is 15.6. The molecule has 0 aliphatic heterocycles. The molecule has 0 bridgehead atoms. The van der Waals surface area contributed by atoms with Gasteiger partial charge in [0, 0.05) is 35.1 Å². The predicted molar refractivity (Wildman–Crippen MR) is 111 cm³/mol. The number of H-pyrrole nitrogens is 1. The number of halogens is 3. The van der Waals surface area contributed by atoms with Crippen LogP contribution in [0.3, 0.4) is 0 Å². The molecule has 0 atom stereocenters. The molecule has 0 unspecified atom stereocenters. The SMILES string of the molecule is O=C(C=Cc1cccc(-c2cnc3[nH]ccc3c2)c1)Nc1ccc(C(F)(F)F)cc1. The van der Waals surface area contributed by atoms with Crippen LogP contribution in [0.2, 0.25) is 0 Å². The Morgan fingerprint density at radius 3 is 2.57 bits per heavy atom. The summed E-state index contributed by atoms with van der Waals surface area (Å²) >= 11 is 0. The quantitative estimate of drug-likeness (QED) is 0.414. The van der Waals surface area contributed by atoms with Crippen molar-refractivity contribution in [2.24, 2.45) is 0 Å². The highest BCUT2D eigenvalue weighted by Crippen LogP contribution is 2.30. The molecule has 4 rings (SSSR count). The van der Waals surface area contributed by atoms with Crippen LogP contribution in [0.5, 0.6) is 0 Å². The summed E-state index contributed by atoms with van der Waals surface area (Å²) in [4.78, 5) is 19.5. The van der Waals surface area contributed by atoms with Crippen molar-refractivity contribution in [3.05, 3.63) is 90.3 Å². The van der Waals surface area contributed by atoms with Gasteiger partial charge in [-0.1, -0.05) is 18.2 Å². The van der Waals surface area contributed by atoms with E-state index in [9.17, 15) is 18.0 Å². The van der Waals surface area contributed by atoms with Crippen molar-refractivity contribution in [1.82, 2.24) is 9.97 Å². The van der Waals surface area contributed by atoms with Crippen molar-refractivity contribution in [2.75, 3.05) is 5.32 Å². The van der Waals surface area contributed by atoms with E-state index < -0.39 is 17.6 Å². The minimum absolute atomic E-state index is 0.289. The number of nitrogens with zero attached hydrogens (tertiary/aromatic N) is 1. The minimum atomic E-state index is -4.41. The van der Waals surface area contributed by atoms with Crippen LogP contribution in [0.4, 0.5) is 18.9 Å². The molecule has 0 aliphatic rings. The number of hydrogen-bond acceptors (Lipinski definition) is 2. The van der Waals surface area contributed by atoms with Crippen LogP contribution in [0.15, 0.2) is 79.1 Å². The lowest BCUT2D eigenvalue weighted by atomic mass is 10.0. The van der Waals surface area contributed by atoms with E-state index in [1.165, 1.54) is 18.2 Å². The number of benzene rings is 2. The maximum absolute atomic E-state index is 12.6. The fourth-order valence-electron chi connectivity index (χ4n) is 3.02. The molecule has 4 nitrogen and oxygen atoms in total. The van der Waals surface area contributed by atoms with Gasteiger partial charge < -0.3 is 10.3 Å². The van der Waals surface area contributed by atoms with Crippen molar-refractivity contribution in [1.29, 1.82) is 0 Å². The van der Waals surface area contributed by atoms with E-state index in [4.69, 9.17) is 0 Å². The summed E-state index contributed by atoms with van der Waals surface area (Å²) in [7, 11) is 0. The second-order valence-electron chi connectivity index (χ2n) is 6.66. The molecule has 4 aromatic rings. The number of rotatable bonds is 4. The summed E-state index contributed by atoms with van der Waals surface area (Å²) in [6.07, 6.45) is 2.18. The summed E-state index contributed by atoms with van der Waals surface area (Å²) in [5.74, 6) is -0.435. The zero-order chi connectivity index (χ0) is 21.1. The number of aromatic nitrogens is 2. The van der Waals surface area contributed by atoms with Crippen LogP contribution >= 0.6 is 0 Å². The molecule has 0 aliphatic carbocycles. The van der Waals surface area contributed by atoms with Crippen LogP contribution in [-0.2, 0) is 11.0 Å². The summed E-state index contributed by atoms with van der Waals surface area (Å²) in [5, 5.41) is 3.55. The molecule has 0 spiro atoms. The number of hydrogen-bond donors (Lipinski definition) is 2. The number of nitrogens with one attached hydrogen (secondary N) is 2. The van der Waals surface area contributed by atoms with Crippen LogP contribution in [0, 0.1) is 0 Å². The van der Waals surface area contributed by atoms with Crippen LogP contribution < -0.4 is 5.32 Å². The first-order valence-corrected chi connectivity index (χ1v) is 9.08. The van der Waals surface area contributed by atoms with Gasteiger partial charge in [-0.25, -0.2) is 4.98 Å². The molecule has 2 N–H and O–H groups in total. The Kier molecular flexibility index (Phi) is 5.10. The van der Waals surface area contributed by atoms with Gasteiger partial charge in [0.25, 0.3) is 0 Å². The summed E-state index contributed by atoms with van der Waals surface area (Å²) in [6.45, 7) is 0. The minimum Gasteiger partial charge on any atom is -0.346 e. The topological polar surface area (TPSA) is 57.8 Å². The Morgan fingerprint density at radius 2 is 1.80 bits per heavy atom. The van der Waals surface area contributed by atoms with Gasteiger partial charge in [0.15, 0.2) is 0 Å². The summed E-state index contributed by atoms with van der Waals surface area (Å²) in [5.41, 5.74) is 3.05. The molecule has 1 amide bonds. The highest BCUT2D eigenvalue weighted by molar-refractivity contribution is 6.02. The van der Waals surface area contributed by atoms with E-state index in [-0.39, 0.29) is 5.69 Å². The highest BCUT2D eigenvalue weighted by atomic mass is 19.4. The van der Waals surface area contributed by atoms with Gasteiger partial charge >= 0.3 is 6.18 Å². The zero-order valence-corrected chi connectivity index (χ0v) is 15.6. The van der Waals surface area contributed by atoms with Gasteiger partial charge in [-0.3, -0.25) is 4.79 Å². The third-order valence-electron chi connectivity index (χ3n) is 4.53. The molecule has 7 heteroatoms. The van der Waals surface area contributed by atoms with Gasteiger partial charge in [0.1, 0.15) is 5.65 Å². The number of alkyl halides is 3. The fourth-order valence-corrected chi connectivity index (χ4v) is 3.02. The Bertz CT molecular complexity index is 1220. The largest absolute Gasteiger partial charge is 0.416 e. The molecule has 150 valence electrons. The number of carbonyl (C=O) groups excluding carboxylic acids is 1. The molecule has 2 heterocycles. The fraction of sp³-hybridized carbons (Fsp3) is 0.0435. The summed E-state index contributed by atoms with van der Waals surface area (Å²) in [6, 6.07) is 15.9. The Morgan fingerprint density at radius 1 is 1.00 bits per heavy atom. The van der Waals surface area contributed by atoms with E-state index in [1.54, 1.807) is 12.3 Å². The molecule has 2 aromatic carbocycles. The highest BCUT2D eigenvalue weighted by Gasteiger charge is 2.29. The summed E-state index contributed by atoms with van der Waals surface area (Å²) < 4.78 is 37.8. The van der Waals surface area contributed by atoms with Gasteiger partial charge in [0.05, 0.1) is 5.56 Å². The van der Waals surface area contributed by atoms with Crippen molar-refractivity contribution < 1.29 is 18.0 Å². The maximum Gasteiger partial charge on any atom is 0.416 e. The Hall–Kier alpha value is -3.87. The predicted octanol–water partition coefficient (Wildman–Crippen LogP) is 5.90. The van der Waals surface area contributed by atoms with Crippen LogP contribution in [-0.4, -0.2) is 15.9 Å². The molecular formula is C23H16F3N3O. The average molecular weight is 407 g/mol. The lowest BCUT2D eigenvalue weighted by Crippen LogP contribution is -2.09. The lowest BCUT2D eigenvalue weighted by Gasteiger charge is -2.07. The Labute approximate surface area is 170 Å². The molecular weight excluding hydrogens is 391 g/mol. The van der Waals surface area contributed by atoms with Crippen molar-refractivity contribution in [2.45, 2.75) is 6.18 Å². The number of aromatic amines is 1. The van der Waals surface area contributed by atoms with Gasteiger partial charge in [-0.15, -0.1) is 0 Å². The molecule has 0 fully saturated rings. The average Bonchev–Trinajstić information content (AvgIpc) is 3.20. The smallest absolute Gasteiger partial charge is 0.346 e. The second-order valence-corrected chi connectivity index (χ2v) is 6.66. The van der Waals surface area contributed by atoms with Gasteiger partial charge in [-0.05, 0) is 59.7 Å². The first-order valence-electron chi connectivity index (χ1n) is 9.08. The molecule has 0 saturated heterocycles. The van der Waals surface area contributed by atoms with Crippen LogP contribution in [0.25, 0.3) is 28.2 Å². The van der Waals surface area contributed by atoms with Crippen LogP contribution in [0.1, 0.15) is 11.1 Å². The molecule has 2 aromatic heterocycles. The number of fused-ring (bicyclic) bond motifs is 1. The first kappa shape index (κ1) is 19.4. The number of pyridine rings is 1. The van der Waals surface area contributed by atoms with Crippen molar-refractivity contribution >= 4 is 28.7 Å². The normalized spacial score (nSPS) is 11.8. The van der Waals surface area contributed by atoms with Crippen molar-refractivity contribution in [3.8, 4) is 11.1 Å². The monoisotopic (exact) mass is 407 g/mol. The maximum atomic E-state index is 12.6. The standard InChI is InChI=1S/C23H16F3N3O/c24-23(25,26)19-5-7-20(8-6-19)29-21(30)9-4-15-2-1-3-16(12-15)18-13-17-10-11-27-22(17)28-14-18/h1-14H,(H,27,28)(H,29,30). The molecule has 30 heavy (non-hydrogen) atoms. The first-order chi connectivity index (χ1) is 14.4. The van der Waals surface area contributed by atoms with Gasteiger partial charge in [-0.2, -0.15) is 13.2 Å². The van der Waals surface area contributed by atoms with E-state index >= 15 is 0 Å². The molecule has 0 saturated carbocycles. The van der Waals surface area contributed by atoms with Gasteiger partial charge in [0.2, 0.25) is 5.91 Å². The number of amides is 1. The van der Waals surface area contributed by atoms with E-state index in [1.807, 2.05) is 42.6 Å². The third-order valence-corrected chi connectivity index (χ3v) is 4.53. The van der Waals surface area contributed by atoms with E-state index in [0.717, 1.165) is 39.9 Å². The van der Waals surface area contributed by atoms with E-state index in [0.29, 0.717) is 0 Å². The Balaban J connectivity index is 1.46. The number of anilines is 1. The number of carbonyl (C=O) groups is 1. The van der Waals surface area contributed by atoms with Crippen molar-refractivity contribution in [3.63, 3.8) is 0 Å². The second kappa shape index (κ2) is 7.87. The lowest BCUT2D eigenvalue weighted by molar-refractivity contribution is -0.137. The molecule has 0 radical (unpaired) electrons. The third kappa shape index (κ3) is 4.41.